The van der Waals surface area contributed by atoms with Crippen LogP contribution < -0.4 is 9.47 Å². The molecular weight excluding hydrogens is 268 g/mol. The number of ether oxygens (including phenoxy) is 2. The summed E-state index contributed by atoms with van der Waals surface area (Å²) in [6.07, 6.45) is 3.77. The molecule has 21 heavy (non-hydrogen) atoms. The van der Waals surface area contributed by atoms with Crippen LogP contribution in [0.25, 0.3) is 0 Å². The van der Waals surface area contributed by atoms with Crippen molar-refractivity contribution in [2.45, 2.75) is 32.9 Å². The van der Waals surface area contributed by atoms with Gasteiger partial charge in [-0.25, -0.2) is 0 Å². The van der Waals surface area contributed by atoms with Crippen LogP contribution in [-0.2, 0) is 6.61 Å². The van der Waals surface area contributed by atoms with Crippen LogP contribution in [0, 0.1) is 0 Å². The summed E-state index contributed by atoms with van der Waals surface area (Å²) < 4.78 is 12.9. The number of benzene rings is 1. The maximum absolute atomic E-state index is 10.8. The number of nitrogens with zero attached hydrogens (tertiary/aromatic N) is 2. The van der Waals surface area contributed by atoms with Crippen LogP contribution in [-0.4, -0.2) is 23.2 Å². The van der Waals surface area contributed by atoms with Crippen LogP contribution in [0.3, 0.4) is 0 Å². The van der Waals surface area contributed by atoms with E-state index in [2.05, 4.69) is 18.9 Å². The number of carbonyl (C=O) groups is 1. The topological polar surface area (TPSA) is 53.4 Å². The van der Waals surface area contributed by atoms with E-state index in [9.17, 15) is 4.79 Å². The lowest BCUT2D eigenvalue weighted by Crippen LogP contribution is -2.06. The van der Waals surface area contributed by atoms with Gasteiger partial charge >= 0.3 is 0 Å². The van der Waals surface area contributed by atoms with Gasteiger partial charge < -0.3 is 9.47 Å². The molecule has 2 rings (SSSR count). The van der Waals surface area contributed by atoms with Gasteiger partial charge in [-0.15, -0.1) is 0 Å². The van der Waals surface area contributed by atoms with Crippen LogP contribution in [0.4, 0.5) is 0 Å². The summed E-state index contributed by atoms with van der Waals surface area (Å²) in [4.78, 5) is 10.8. The number of aldehydes is 1. The summed E-state index contributed by atoms with van der Waals surface area (Å²) in [7, 11) is 1.55. The number of methoxy groups -OCH3 is 1. The molecule has 1 unspecified atom stereocenters. The summed E-state index contributed by atoms with van der Waals surface area (Å²) in [5.41, 5.74) is 1.41. The third kappa shape index (κ3) is 3.62. The highest BCUT2D eigenvalue weighted by atomic mass is 16.5. The van der Waals surface area contributed by atoms with Gasteiger partial charge in [0.2, 0.25) is 0 Å². The van der Waals surface area contributed by atoms with Crippen LogP contribution in [0.15, 0.2) is 30.5 Å². The van der Waals surface area contributed by atoms with Crippen molar-refractivity contribution in [1.82, 2.24) is 9.78 Å². The zero-order valence-electron chi connectivity index (χ0n) is 12.6. The highest BCUT2D eigenvalue weighted by Gasteiger charge is 2.08. The predicted molar refractivity (Wildman–Crippen MR) is 79.9 cm³/mol. The van der Waals surface area contributed by atoms with Crippen molar-refractivity contribution in [1.29, 1.82) is 0 Å². The van der Waals surface area contributed by atoms with E-state index < -0.39 is 0 Å². The Hall–Kier alpha value is -2.30. The first kappa shape index (κ1) is 15.1. The van der Waals surface area contributed by atoms with Gasteiger partial charge in [0.05, 0.1) is 12.8 Å². The average molecular weight is 288 g/mol. The Kier molecular flexibility index (Phi) is 4.98. The molecule has 2 aromatic rings. The molecule has 0 saturated carbocycles. The molecule has 112 valence electrons. The molecule has 0 aliphatic rings. The van der Waals surface area contributed by atoms with Crippen molar-refractivity contribution in [2.75, 3.05) is 7.11 Å². The first-order valence-electron chi connectivity index (χ1n) is 6.98. The molecular formula is C16H20N2O3. The second-order valence-electron chi connectivity index (χ2n) is 4.86. The van der Waals surface area contributed by atoms with Crippen molar-refractivity contribution in [3.8, 4) is 11.5 Å². The fraction of sp³-hybridized carbons (Fsp3) is 0.375. The van der Waals surface area contributed by atoms with Gasteiger partial charge in [-0.05, 0) is 37.6 Å². The van der Waals surface area contributed by atoms with Crippen molar-refractivity contribution in [3.05, 3.63) is 41.7 Å². The first-order valence-corrected chi connectivity index (χ1v) is 6.98. The minimum Gasteiger partial charge on any atom is -0.493 e. The van der Waals surface area contributed by atoms with Crippen molar-refractivity contribution < 1.29 is 14.3 Å². The Labute approximate surface area is 124 Å². The van der Waals surface area contributed by atoms with Gasteiger partial charge in [0.15, 0.2) is 11.5 Å². The summed E-state index contributed by atoms with van der Waals surface area (Å²) in [5.74, 6) is 1.14. The second kappa shape index (κ2) is 6.92. The van der Waals surface area contributed by atoms with E-state index in [0.717, 1.165) is 18.4 Å². The highest BCUT2D eigenvalue weighted by Crippen LogP contribution is 2.28. The van der Waals surface area contributed by atoms with E-state index in [4.69, 9.17) is 9.47 Å². The molecule has 0 fully saturated rings. The molecule has 0 saturated heterocycles. The second-order valence-corrected chi connectivity index (χ2v) is 4.86. The molecule has 5 nitrogen and oxygen atoms in total. The SMILES string of the molecule is CCC(C)n1ccc(COc2ccc(C=O)cc2OC)n1. The number of rotatable bonds is 7. The van der Waals surface area contributed by atoms with Gasteiger partial charge in [0, 0.05) is 17.8 Å². The minimum atomic E-state index is 0.361. The highest BCUT2D eigenvalue weighted by molar-refractivity contribution is 5.76. The monoisotopic (exact) mass is 288 g/mol. The molecule has 5 heteroatoms. The van der Waals surface area contributed by atoms with Crippen molar-refractivity contribution in [3.63, 3.8) is 0 Å². The minimum absolute atomic E-state index is 0.361. The number of hydrogen-bond donors (Lipinski definition) is 0. The van der Waals surface area contributed by atoms with E-state index in [-0.39, 0.29) is 0 Å². The van der Waals surface area contributed by atoms with E-state index >= 15 is 0 Å². The lowest BCUT2D eigenvalue weighted by Gasteiger charge is -2.10. The maximum Gasteiger partial charge on any atom is 0.161 e. The third-order valence-electron chi connectivity index (χ3n) is 3.41. The molecule has 1 aromatic carbocycles. The standard InChI is InChI=1S/C16H20N2O3/c1-4-12(2)18-8-7-14(17-18)11-21-15-6-5-13(10-19)9-16(15)20-3/h5-10,12H,4,11H2,1-3H3. The summed E-state index contributed by atoms with van der Waals surface area (Å²) in [5, 5.41) is 4.48. The quantitative estimate of drug-likeness (QED) is 0.734. The zero-order chi connectivity index (χ0) is 15.2. The third-order valence-corrected chi connectivity index (χ3v) is 3.41. The van der Waals surface area contributed by atoms with Crippen LogP contribution >= 0.6 is 0 Å². The van der Waals surface area contributed by atoms with Crippen LogP contribution in [0.1, 0.15) is 42.4 Å². The largest absolute Gasteiger partial charge is 0.493 e. The normalized spacial score (nSPS) is 12.0. The Morgan fingerprint density at radius 2 is 2.14 bits per heavy atom. The molecule has 0 amide bonds. The van der Waals surface area contributed by atoms with Crippen LogP contribution in [0.2, 0.25) is 0 Å². The molecule has 0 spiro atoms. The van der Waals surface area contributed by atoms with Crippen molar-refractivity contribution in [2.24, 2.45) is 0 Å². The molecule has 0 radical (unpaired) electrons. The van der Waals surface area contributed by atoms with Crippen LogP contribution in [0.5, 0.6) is 11.5 Å². The Morgan fingerprint density at radius 1 is 1.33 bits per heavy atom. The summed E-state index contributed by atoms with van der Waals surface area (Å²) >= 11 is 0. The molecule has 0 bridgehead atoms. The van der Waals surface area contributed by atoms with Gasteiger partial charge in [-0.3, -0.25) is 9.48 Å². The van der Waals surface area contributed by atoms with Gasteiger partial charge in [0.1, 0.15) is 12.9 Å². The van der Waals surface area contributed by atoms with E-state index in [1.807, 2.05) is 16.9 Å². The maximum atomic E-state index is 10.8. The summed E-state index contributed by atoms with van der Waals surface area (Å²) in [6.45, 7) is 4.61. The predicted octanol–water partition coefficient (Wildman–Crippen LogP) is 3.25. The Morgan fingerprint density at radius 3 is 2.81 bits per heavy atom. The number of carbonyl (C=O) groups excluding carboxylic acids is 1. The lowest BCUT2D eigenvalue weighted by atomic mass is 10.2. The molecule has 0 N–H and O–H groups in total. The van der Waals surface area contributed by atoms with Gasteiger partial charge in [0.25, 0.3) is 0 Å². The zero-order valence-corrected chi connectivity index (χ0v) is 12.6. The molecule has 1 heterocycles. The van der Waals surface area contributed by atoms with E-state index in [0.29, 0.717) is 29.7 Å². The van der Waals surface area contributed by atoms with E-state index in [1.165, 1.54) is 0 Å². The van der Waals surface area contributed by atoms with Gasteiger partial charge in [-0.1, -0.05) is 6.92 Å². The lowest BCUT2D eigenvalue weighted by molar-refractivity contribution is 0.112. The molecule has 0 aliphatic heterocycles. The Bertz CT molecular complexity index is 607. The van der Waals surface area contributed by atoms with Crippen molar-refractivity contribution >= 4 is 6.29 Å². The fourth-order valence-electron chi connectivity index (χ4n) is 1.92. The Balaban J connectivity index is 2.05. The first-order chi connectivity index (χ1) is 10.2. The molecule has 0 aliphatic carbocycles. The van der Waals surface area contributed by atoms with E-state index in [1.54, 1.807) is 25.3 Å². The molecule has 1 atom stereocenters. The average Bonchev–Trinajstić information content (AvgIpc) is 3.00. The summed E-state index contributed by atoms with van der Waals surface area (Å²) in [6, 6.07) is 7.40. The molecule has 1 aromatic heterocycles. The number of aromatic nitrogens is 2. The fourth-order valence-corrected chi connectivity index (χ4v) is 1.92. The number of hydrogen-bond acceptors (Lipinski definition) is 4. The van der Waals surface area contributed by atoms with Gasteiger partial charge in [-0.2, -0.15) is 5.10 Å². The smallest absolute Gasteiger partial charge is 0.161 e.